The van der Waals surface area contributed by atoms with Crippen LogP contribution in [0.25, 0.3) is 0 Å². The number of carboxylic acids is 1. The molecular formula is C23H22F3N5O5S. The first-order valence-electron chi connectivity index (χ1n) is 10.7. The van der Waals surface area contributed by atoms with Crippen molar-refractivity contribution in [2.45, 2.75) is 30.3 Å². The van der Waals surface area contributed by atoms with Crippen molar-refractivity contribution in [2.24, 2.45) is 0 Å². The summed E-state index contributed by atoms with van der Waals surface area (Å²) < 4.78 is 58.0. The van der Waals surface area contributed by atoms with Gasteiger partial charge in [0, 0.05) is 29.4 Å². The number of aryl methyl sites for hydroxylation is 1. The molecule has 0 atom stereocenters. The lowest BCUT2D eigenvalue weighted by Crippen LogP contribution is -2.21. The standard InChI is InChI=1S/C21H21N5O3S.C2HF3O2/c1-22-30(28,29)17-6-3-5-15(11-17)25-20-12-21(24-13-23-20)26-16-8-9-18-14(10-16)4-2-7-19(18)27;3-2(4,5)1(6)7/h3,5-6,8-13,22H,2,4,7H2,1H3,(H2,23,24,25,26);(H,6,7). The number of carboxylic acid groups (broad SMARTS) is 1. The molecule has 1 aromatic heterocycles. The third-order valence-electron chi connectivity index (χ3n) is 5.12. The largest absolute Gasteiger partial charge is 0.490 e. The summed E-state index contributed by atoms with van der Waals surface area (Å²) in [6, 6.07) is 13.9. The van der Waals surface area contributed by atoms with Gasteiger partial charge >= 0.3 is 12.1 Å². The summed E-state index contributed by atoms with van der Waals surface area (Å²) in [5, 5.41) is 13.5. The van der Waals surface area contributed by atoms with E-state index in [0.717, 1.165) is 29.7 Å². The molecule has 4 N–H and O–H groups in total. The molecule has 1 heterocycles. The Balaban J connectivity index is 0.000000479. The summed E-state index contributed by atoms with van der Waals surface area (Å²) in [5.41, 5.74) is 3.28. The fraction of sp³-hybridized carbons (Fsp3) is 0.217. The summed E-state index contributed by atoms with van der Waals surface area (Å²) in [5.74, 6) is -1.47. The maximum atomic E-state index is 12.0. The SMILES string of the molecule is CNS(=O)(=O)c1cccc(Nc2cc(Nc3ccc4c(c3)CCCC4=O)ncn2)c1.O=C(O)C(F)(F)F. The Hall–Kier alpha value is -4.04. The zero-order chi connectivity index (χ0) is 27.2. The van der Waals surface area contributed by atoms with E-state index >= 15 is 0 Å². The molecule has 0 spiro atoms. The van der Waals surface area contributed by atoms with Crippen LogP contribution >= 0.6 is 0 Å². The van der Waals surface area contributed by atoms with Crippen LogP contribution in [0, 0.1) is 0 Å². The Bertz CT molecular complexity index is 1410. The smallest absolute Gasteiger partial charge is 0.475 e. The maximum Gasteiger partial charge on any atom is 0.490 e. The number of benzene rings is 2. The first kappa shape index (κ1) is 27.5. The van der Waals surface area contributed by atoms with E-state index in [4.69, 9.17) is 9.90 Å². The van der Waals surface area contributed by atoms with Gasteiger partial charge in [-0.05, 0) is 61.9 Å². The van der Waals surface area contributed by atoms with Gasteiger partial charge in [-0.15, -0.1) is 0 Å². The molecule has 14 heteroatoms. The van der Waals surface area contributed by atoms with Crippen LogP contribution in [-0.4, -0.2) is 48.5 Å². The molecule has 0 unspecified atom stereocenters. The molecule has 0 saturated carbocycles. The molecule has 10 nitrogen and oxygen atoms in total. The Labute approximate surface area is 210 Å². The quantitative estimate of drug-likeness (QED) is 0.365. The van der Waals surface area contributed by atoms with Crippen LogP contribution < -0.4 is 15.4 Å². The predicted octanol–water partition coefficient (Wildman–Crippen LogP) is 4.02. The highest BCUT2D eigenvalue weighted by atomic mass is 32.2. The molecule has 1 aliphatic rings. The zero-order valence-electron chi connectivity index (χ0n) is 19.3. The van der Waals surface area contributed by atoms with Crippen LogP contribution in [0.4, 0.5) is 36.2 Å². The predicted molar refractivity (Wildman–Crippen MR) is 129 cm³/mol. The number of aromatic nitrogens is 2. The third-order valence-corrected chi connectivity index (χ3v) is 6.54. The number of hydrogen-bond acceptors (Lipinski definition) is 8. The Morgan fingerprint density at radius 1 is 0.973 bits per heavy atom. The second kappa shape index (κ2) is 11.3. The van der Waals surface area contributed by atoms with Gasteiger partial charge in [0.2, 0.25) is 10.0 Å². The molecule has 4 rings (SSSR count). The second-order valence-electron chi connectivity index (χ2n) is 7.73. The number of alkyl halides is 3. The zero-order valence-corrected chi connectivity index (χ0v) is 20.2. The molecule has 196 valence electrons. The molecular weight excluding hydrogens is 515 g/mol. The fourth-order valence-corrected chi connectivity index (χ4v) is 4.15. The summed E-state index contributed by atoms with van der Waals surface area (Å²) >= 11 is 0. The molecule has 1 aliphatic carbocycles. The number of anilines is 4. The number of nitrogens with zero attached hydrogens (tertiary/aromatic N) is 2. The number of rotatable bonds is 6. The minimum Gasteiger partial charge on any atom is -0.475 e. The van der Waals surface area contributed by atoms with Gasteiger partial charge < -0.3 is 15.7 Å². The van der Waals surface area contributed by atoms with Gasteiger partial charge in [-0.2, -0.15) is 13.2 Å². The first-order chi connectivity index (χ1) is 17.4. The van der Waals surface area contributed by atoms with E-state index in [1.54, 1.807) is 18.2 Å². The number of carbonyl (C=O) groups excluding carboxylic acids is 1. The van der Waals surface area contributed by atoms with Gasteiger partial charge in [0.1, 0.15) is 18.0 Å². The summed E-state index contributed by atoms with van der Waals surface area (Å²) in [6.07, 6.45) is -1.30. The third kappa shape index (κ3) is 7.47. The number of fused-ring (bicyclic) bond motifs is 1. The van der Waals surface area contributed by atoms with Gasteiger partial charge in [-0.3, -0.25) is 4.79 Å². The van der Waals surface area contributed by atoms with Crippen molar-refractivity contribution in [3.63, 3.8) is 0 Å². The molecule has 3 aromatic rings. The number of ketones is 1. The van der Waals surface area contributed by atoms with Gasteiger partial charge in [0.25, 0.3) is 0 Å². The lowest BCUT2D eigenvalue weighted by atomic mass is 9.90. The number of aliphatic carboxylic acids is 1. The number of Topliss-reactive ketones (excluding diaryl/α,β-unsaturated/α-hetero) is 1. The summed E-state index contributed by atoms with van der Waals surface area (Å²) in [4.78, 5) is 29.5. The van der Waals surface area contributed by atoms with E-state index in [9.17, 15) is 26.4 Å². The van der Waals surface area contributed by atoms with E-state index < -0.39 is 22.2 Å². The van der Waals surface area contributed by atoms with Gasteiger partial charge in [0.05, 0.1) is 4.90 Å². The minimum atomic E-state index is -5.08. The lowest BCUT2D eigenvalue weighted by Gasteiger charge is -2.16. The van der Waals surface area contributed by atoms with E-state index in [1.165, 1.54) is 25.5 Å². The van der Waals surface area contributed by atoms with Crippen molar-refractivity contribution in [2.75, 3.05) is 17.7 Å². The Morgan fingerprint density at radius 2 is 1.59 bits per heavy atom. The molecule has 2 aromatic carbocycles. The van der Waals surface area contributed by atoms with Crippen LogP contribution in [0.5, 0.6) is 0 Å². The normalized spacial score (nSPS) is 13.1. The van der Waals surface area contributed by atoms with Crippen molar-refractivity contribution in [1.82, 2.24) is 14.7 Å². The fourth-order valence-electron chi connectivity index (χ4n) is 3.37. The van der Waals surface area contributed by atoms with E-state index in [1.807, 2.05) is 18.2 Å². The number of carbonyl (C=O) groups is 2. The number of hydrogen-bond donors (Lipinski definition) is 4. The highest BCUT2D eigenvalue weighted by Gasteiger charge is 2.38. The van der Waals surface area contributed by atoms with Gasteiger partial charge in [-0.1, -0.05) is 6.07 Å². The van der Waals surface area contributed by atoms with Crippen molar-refractivity contribution >= 4 is 44.8 Å². The molecule has 0 fully saturated rings. The molecule has 0 radical (unpaired) electrons. The lowest BCUT2D eigenvalue weighted by molar-refractivity contribution is -0.192. The van der Waals surface area contributed by atoms with Crippen LogP contribution in [0.2, 0.25) is 0 Å². The van der Waals surface area contributed by atoms with Crippen molar-refractivity contribution in [3.8, 4) is 0 Å². The monoisotopic (exact) mass is 537 g/mol. The molecule has 0 aliphatic heterocycles. The number of halogens is 3. The van der Waals surface area contributed by atoms with Gasteiger partial charge in [-0.25, -0.2) is 27.9 Å². The van der Waals surface area contributed by atoms with E-state index in [2.05, 4.69) is 25.3 Å². The summed E-state index contributed by atoms with van der Waals surface area (Å²) in [6.45, 7) is 0. The van der Waals surface area contributed by atoms with Crippen LogP contribution in [0.1, 0.15) is 28.8 Å². The number of nitrogens with one attached hydrogen (secondary N) is 3. The van der Waals surface area contributed by atoms with Crippen molar-refractivity contribution in [1.29, 1.82) is 0 Å². The average Bonchev–Trinajstić information content (AvgIpc) is 2.84. The second-order valence-corrected chi connectivity index (χ2v) is 9.61. The van der Waals surface area contributed by atoms with Crippen LogP contribution in [0.15, 0.2) is 59.8 Å². The van der Waals surface area contributed by atoms with Gasteiger partial charge in [0.15, 0.2) is 5.78 Å². The molecule has 37 heavy (non-hydrogen) atoms. The maximum absolute atomic E-state index is 12.0. The molecule has 0 saturated heterocycles. The average molecular weight is 538 g/mol. The van der Waals surface area contributed by atoms with Crippen molar-refractivity contribution < 1.29 is 36.3 Å². The summed E-state index contributed by atoms with van der Waals surface area (Å²) in [7, 11) is -2.16. The minimum absolute atomic E-state index is 0.158. The Morgan fingerprint density at radius 3 is 2.19 bits per heavy atom. The van der Waals surface area contributed by atoms with E-state index in [0.29, 0.717) is 23.7 Å². The van der Waals surface area contributed by atoms with E-state index in [-0.39, 0.29) is 10.7 Å². The van der Waals surface area contributed by atoms with Crippen LogP contribution in [0.3, 0.4) is 0 Å². The highest BCUT2D eigenvalue weighted by Crippen LogP contribution is 2.26. The molecule has 0 amide bonds. The van der Waals surface area contributed by atoms with Crippen LogP contribution in [-0.2, 0) is 21.2 Å². The number of sulfonamides is 1. The van der Waals surface area contributed by atoms with Crippen molar-refractivity contribution in [3.05, 3.63) is 66.0 Å². The first-order valence-corrected chi connectivity index (χ1v) is 12.2. The highest BCUT2D eigenvalue weighted by molar-refractivity contribution is 7.89. The molecule has 0 bridgehead atoms. The topological polar surface area (TPSA) is 150 Å². The Kier molecular flexibility index (Phi) is 8.45.